The molecule has 4 rings (SSSR count). The van der Waals surface area contributed by atoms with Gasteiger partial charge in [0.15, 0.2) is 5.82 Å². The maximum absolute atomic E-state index is 15.3. The van der Waals surface area contributed by atoms with Gasteiger partial charge < -0.3 is 20.7 Å². The second-order valence-electron chi connectivity index (χ2n) is 7.95. The van der Waals surface area contributed by atoms with Gasteiger partial charge in [-0.1, -0.05) is 37.6 Å². The van der Waals surface area contributed by atoms with E-state index in [0.717, 1.165) is 19.3 Å². The molecule has 33 heavy (non-hydrogen) atoms. The molecule has 2 amide bonds. The third-order valence-corrected chi connectivity index (χ3v) is 6.23. The highest BCUT2D eigenvalue weighted by Crippen LogP contribution is 2.35. The second-order valence-corrected chi connectivity index (χ2v) is 8.35. The van der Waals surface area contributed by atoms with E-state index in [9.17, 15) is 9.59 Å². The summed E-state index contributed by atoms with van der Waals surface area (Å²) in [7, 11) is 0. The van der Waals surface area contributed by atoms with Gasteiger partial charge in [0.05, 0.1) is 17.3 Å². The molecule has 1 aliphatic carbocycles. The summed E-state index contributed by atoms with van der Waals surface area (Å²) in [6.07, 6.45) is 4.04. The van der Waals surface area contributed by atoms with Gasteiger partial charge in [0, 0.05) is 36.3 Å². The zero-order valence-electron chi connectivity index (χ0n) is 18.9. The summed E-state index contributed by atoms with van der Waals surface area (Å²) in [4.78, 5) is 29.2. The van der Waals surface area contributed by atoms with Crippen LogP contribution in [0.1, 0.15) is 33.1 Å². The number of primary amides is 1. The van der Waals surface area contributed by atoms with Crippen molar-refractivity contribution >= 4 is 34.9 Å². The number of ether oxygens (including phenoxy) is 1. The molecule has 2 fully saturated rings. The lowest BCUT2D eigenvalue weighted by atomic mass is 10.0. The van der Waals surface area contributed by atoms with Gasteiger partial charge in [0.1, 0.15) is 12.4 Å². The molecule has 7 nitrogen and oxygen atoms in total. The van der Waals surface area contributed by atoms with Crippen LogP contribution in [0.15, 0.2) is 30.5 Å². The van der Waals surface area contributed by atoms with E-state index < -0.39 is 5.82 Å². The average molecular weight is 477 g/mol. The fourth-order valence-corrected chi connectivity index (χ4v) is 4.46. The van der Waals surface area contributed by atoms with Crippen LogP contribution in [0.25, 0.3) is 11.1 Å². The fraction of sp³-hybridized carbons (Fsp3) is 0.458. The molecule has 1 aromatic carbocycles. The minimum Gasteiger partial charge on any atom is -0.370 e. The summed E-state index contributed by atoms with van der Waals surface area (Å²) in [5.74, 6) is -0.174. The number of morpholine rings is 1. The van der Waals surface area contributed by atoms with E-state index in [1.54, 1.807) is 24.3 Å². The zero-order chi connectivity index (χ0) is 24.0. The van der Waals surface area contributed by atoms with Crippen LogP contribution < -0.4 is 16.0 Å². The molecule has 1 aromatic heterocycles. The Hall–Kier alpha value is -2.71. The van der Waals surface area contributed by atoms with E-state index in [4.69, 9.17) is 22.1 Å². The lowest BCUT2D eigenvalue weighted by Crippen LogP contribution is -2.42. The summed E-state index contributed by atoms with van der Waals surface area (Å²) < 4.78 is 20.4. The smallest absolute Gasteiger partial charge is 0.253 e. The number of carbonyl (C=O) groups is 2. The molecular formula is C24H30ClFN4O3. The highest BCUT2D eigenvalue weighted by Gasteiger charge is 2.28. The third-order valence-electron chi connectivity index (χ3n) is 5.91. The van der Waals surface area contributed by atoms with Crippen molar-refractivity contribution in [2.24, 2.45) is 17.6 Å². The van der Waals surface area contributed by atoms with Crippen molar-refractivity contribution in [2.45, 2.75) is 33.1 Å². The first kappa shape index (κ1) is 24.9. The lowest BCUT2D eigenvalue weighted by molar-refractivity contribution is -0.125. The zero-order valence-corrected chi connectivity index (χ0v) is 19.7. The minimum atomic E-state index is -0.523. The van der Waals surface area contributed by atoms with E-state index in [1.165, 1.54) is 11.1 Å². The van der Waals surface area contributed by atoms with Crippen molar-refractivity contribution in [3.05, 3.63) is 41.3 Å². The minimum absolute atomic E-state index is 0.0562. The number of pyridine rings is 1. The summed E-state index contributed by atoms with van der Waals surface area (Å²) in [5, 5.41) is 3.59. The van der Waals surface area contributed by atoms with Crippen LogP contribution >= 0.6 is 11.6 Å². The Bertz CT molecular complexity index is 1000. The van der Waals surface area contributed by atoms with Crippen LogP contribution in [0.4, 0.5) is 15.9 Å². The SMILES string of the molecule is CC.NC(=O)C1CCC(CNc2cc(Cl)c(-c3cccc(N4CCOCC4=O)c3F)cn2)C1. The molecule has 2 atom stereocenters. The van der Waals surface area contributed by atoms with Crippen LogP contribution in [0, 0.1) is 17.7 Å². The molecule has 2 aromatic rings. The largest absolute Gasteiger partial charge is 0.370 e. The summed E-state index contributed by atoms with van der Waals surface area (Å²) in [6, 6.07) is 6.53. The number of nitrogens with one attached hydrogen (secondary N) is 1. The van der Waals surface area contributed by atoms with Crippen molar-refractivity contribution in [2.75, 3.05) is 36.5 Å². The van der Waals surface area contributed by atoms with Gasteiger partial charge in [-0.3, -0.25) is 9.59 Å². The van der Waals surface area contributed by atoms with E-state index in [-0.39, 0.29) is 35.6 Å². The molecule has 1 saturated carbocycles. The monoisotopic (exact) mass is 476 g/mol. The molecule has 0 bridgehead atoms. The van der Waals surface area contributed by atoms with Crippen molar-refractivity contribution in [3.63, 3.8) is 0 Å². The van der Waals surface area contributed by atoms with Crippen LogP contribution in [-0.2, 0) is 14.3 Å². The van der Waals surface area contributed by atoms with Crippen molar-refractivity contribution < 1.29 is 18.7 Å². The van der Waals surface area contributed by atoms with Crippen LogP contribution in [0.5, 0.6) is 0 Å². The Labute approximate surface area is 198 Å². The summed E-state index contributed by atoms with van der Waals surface area (Å²) in [6.45, 7) is 5.26. The molecule has 178 valence electrons. The van der Waals surface area contributed by atoms with Crippen molar-refractivity contribution in [3.8, 4) is 11.1 Å². The number of amides is 2. The quantitative estimate of drug-likeness (QED) is 0.649. The van der Waals surface area contributed by atoms with Gasteiger partial charge in [-0.25, -0.2) is 9.37 Å². The Morgan fingerprint density at radius 3 is 2.79 bits per heavy atom. The Kier molecular flexibility index (Phi) is 8.63. The van der Waals surface area contributed by atoms with Gasteiger partial charge in [0.25, 0.3) is 5.91 Å². The molecule has 2 heterocycles. The topological polar surface area (TPSA) is 97.5 Å². The van der Waals surface area contributed by atoms with Crippen molar-refractivity contribution in [1.29, 1.82) is 0 Å². The number of benzene rings is 1. The first-order valence-corrected chi connectivity index (χ1v) is 11.7. The second kappa shape index (κ2) is 11.4. The molecule has 2 unspecified atom stereocenters. The molecular weight excluding hydrogens is 447 g/mol. The van der Waals surface area contributed by atoms with Crippen LogP contribution in [-0.4, -0.2) is 43.1 Å². The number of nitrogens with zero attached hydrogens (tertiary/aromatic N) is 2. The number of carbonyl (C=O) groups excluding carboxylic acids is 2. The Morgan fingerprint density at radius 2 is 2.12 bits per heavy atom. The molecule has 9 heteroatoms. The molecule has 0 spiro atoms. The van der Waals surface area contributed by atoms with Gasteiger partial charge in [-0.2, -0.15) is 0 Å². The Balaban J connectivity index is 0.00000149. The number of nitrogens with two attached hydrogens (primary N) is 1. The molecule has 1 saturated heterocycles. The number of halogens is 2. The predicted molar refractivity (Wildman–Crippen MR) is 128 cm³/mol. The van der Waals surface area contributed by atoms with Crippen LogP contribution in [0.3, 0.4) is 0 Å². The third kappa shape index (κ3) is 5.81. The molecule has 1 aliphatic heterocycles. The van der Waals surface area contributed by atoms with E-state index in [1.807, 2.05) is 13.8 Å². The summed E-state index contributed by atoms with van der Waals surface area (Å²) in [5.41, 5.74) is 6.32. The first-order chi connectivity index (χ1) is 15.9. The Morgan fingerprint density at radius 1 is 1.33 bits per heavy atom. The highest BCUT2D eigenvalue weighted by molar-refractivity contribution is 6.33. The normalized spacial score (nSPS) is 20.2. The van der Waals surface area contributed by atoms with Gasteiger partial charge in [-0.05, 0) is 37.3 Å². The number of hydrogen-bond donors (Lipinski definition) is 2. The standard InChI is InChI=1S/C22H24ClFN4O3.C2H6/c23-17-9-19(26-10-13-4-5-14(8-13)22(25)30)27-11-16(17)15-2-1-3-18(21(15)24)28-6-7-31-12-20(28)29;1-2/h1-3,9,11,13-14H,4-8,10,12H2,(H2,25,30)(H,26,27);1-2H3. The van der Waals surface area contributed by atoms with E-state index >= 15 is 4.39 Å². The van der Waals surface area contributed by atoms with E-state index in [2.05, 4.69) is 10.3 Å². The van der Waals surface area contributed by atoms with Gasteiger partial charge in [0.2, 0.25) is 5.91 Å². The molecule has 2 aliphatic rings. The number of rotatable bonds is 6. The maximum atomic E-state index is 15.3. The first-order valence-electron chi connectivity index (χ1n) is 11.3. The highest BCUT2D eigenvalue weighted by atomic mass is 35.5. The number of aromatic nitrogens is 1. The predicted octanol–water partition coefficient (Wildman–Crippen LogP) is 4.24. The van der Waals surface area contributed by atoms with Gasteiger partial charge >= 0.3 is 0 Å². The number of hydrogen-bond acceptors (Lipinski definition) is 5. The van der Waals surface area contributed by atoms with Gasteiger partial charge in [-0.15, -0.1) is 0 Å². The molecule has 0 radical (unpaired) electrons. The van der Waals surface area contributed by atoms with E-state index in [0.29, 0.717) is 42.0 Å². The maximum Gasteiger partial charge on any atom is 0.253 e. The fourth-order valence-electron chi connectivity index (χ4n) is 4.20. The van der Waals surface area contributed by atoms with Crippen molar-refractivity contribution in [1.82, 2.24) is 4.98 Å². The number of anilines is 2. The lowest BCUT2D eigenvalue weighted by Gasteiger charge is -2.27. The summed E-state index contributed by atoms with van der Waals surface area (Å²) >= 11 is 6.45. The molecule has 3 N–H and O–H groups in total. The average Bonchev–Trinajstić information content (AvgIpc) is 3.30. The van der Waals surface area contributed by atoms with Crippen LogP contribution in [0.2, 0.25) is 5.02 Å².